The highest BCUT2D eigenvalue weighted by molar-refractivity contribution is 5.50. The molecule has 1 aromatic carbocycles. The van der Waals surface area contributed by atoms with Gasteiger partial charge in [0.1, 0.15) is 5.69 Å². The quantitative estimate of drug-likeness (QED) is 0.440. The van der Waals surface area contributed by atoms with Crippen LogP contribution in [0.3, 0.4) is 0 Å². The number of benzene rings is 1. The average molecular weight is 285 g/mol. The normalized spacial score (nSPS) is 11.8. The van der Waals surface area contributed by atoms with Gasteiger partial charge in [-0.2, -0.15) is 0 Å². The lowest BCUT2D eigenvalue weighted by Gasteiger charge is -2.31. The molecule has 0 spiro atoms. The molecule has 3 nitrogen and oxygen atoms in total. The molecule has 0 unspecified atom stereocenters. The fourth-order valence-corrected chi connectivity index (χ4v) is 1.42. The summed E-state index contributed by atoms with van der Waals surface area (Å²) < 4.78 is 65.5. The zero-order chi connectivity index (χ0) is 14.8. The monoisotopic (exact) mass is 285 g/mol. The summed E-state index contributed by atoms with van der Waals surface area (Å²) in [5.74, 6) is -10.5. The smallest absolute Gasteiger partial charge is 0.200 e. The summed E-state index contributed by atoms with van der Waals surface area (Å²) in [5.41, 5.74) is -2.86. The van der Waals surface area contributed by atoms with Gasteiger partial charge in [0.15, 0.2) is 23.3 Å². The van der Waals surface area contributed by atoms with Gasteiger partial charge in [0.2, 0.25) is 5.82 Å². The molecule has 0 amide bonds. The second-order valence-electron chi connectivity index (χ2n) is 4.02. The highest BCUT2D eigenvalue weighted by atomic mass is 19.2. The molecule has 0 atom stereocenters. The van der Waals surface area contributed by atoms with Crippen LogP contribution >= 0.6 is 0 Å². The minimum Gasteiger partial charge on any atom is -0.394 e. The van der Waals surface area contributed by atoms with E-state index in [9.17, 15) is 22.0 Å². The van der Waals surface area contributed by atoms with E-state index in [4.69, 9.17) is 10.2 Å². The van der Waals surface area contributed by atoms with Gasteiger partial charge in [0, 0.05) is 0 Å². The van der Waals surface area contributed by atoms with Gasteiger partial charge in [-0.25, -0.2) is 22.0 Å². The van der Waals surface area contributed by atoms with Crippen molar-refractivity contribution in [2.75, 3.05) is 18.5 Å². The number of nitrogens with one attached hydrogen (secondary N) is 1. The molecule has 0 aromatic heterocycles. The van der Waals surface area contributed by atoms with Gasteiger partial charge in [0.25, 0.3) is 0 Å². The zero-order valence-corrected chi connectivity index (χ0v) is 9.91. The molecule has 0 saturated heterocycles. The van der Waals surface area contributed by atoms with Crippen molar-refractivity contribution in [3.63, 3.8) is 0 Å². The fourth-order valence-electron chi connectivity index (χ4n) is 1.42. The fraction of sp³-hybridized carbons (Fsp3) is 0.455. The number of hydrogen-bond donors (Lipinski definition) is 3. The second kappa shape index (κ2) is 5.70. The Morgan fingerprint density at radius 3 is 1.53 bits per heavy atom. The standard InChI is InChI=1S/C11H12F5NO2/c1-2-11(3-18,4-19)17-10-8(15)6(13)5(12)7(14)9(10)16/h17-19H,2-4H2,1H3. The van der Waals surface area contributed by atoms with Crippen LogP contribution in [-0.2, 0) is 0 Å². The molecule has 0 radical (unpaired) electrons. The predicted molar refractivity (Wildman–Crippen MR) is 57.0 cm³/mol. The molecular weight excluding hydrogens is 273 g/mol. The predicted octanol–water partition coefficient (Wildman–Crippen LogP) is 1.93. The lowest BCUT2D eigenvalue weighted by atomic mass is 9.97. The number of anilines is 1. The third-order valence-electron chi connectivity index (χ3n) is 2.88. The second-order valence-corrected chi connectivity index (χ2v) is 4.02. The molecule has 108 valence electrons. The highest BCUT2D eigenvalue weighted by Gasteiger charge is 2.32. The Bertz CT molecular complexity index is 439. The number of hydrogen-bond acceptors (Lipinski definition) is 3. The molecule has 0 aliphatic heterocycles. The third kappa shape index (κ3) is 2.64. The van der Waals surface area contributed by atoms with Crippen LogP contribution in [0.1, 0.15) is 13.3 Å². The molecule has 19 heavy (non-hydrogen) atoms. The van der Waals surface area contributed by atoms with Gasteiger partial charge in [0.05, 0.1) is 18.8 Å². The van der Waals surface area contributed by atoms with E-state index in [0.717, 1.165) is 0 Å². The van der Waals surface area contributed by atoms with Crippen LogP contribution in [0.4, 0.5) is 27.6 Å². The summed E-state index contributed by atoms with van der Waals surface area (Å²) in [6.45, 7) is -0.0372. The van der Waals surface area contributed by atoms with E-state index < -0.39 is 53.5 Å². The first kappa shape index (κ1) is 15.6. The first-order valence-electron chi connectivity index (χ1n) is 5.35. The number of aliphatic hydroxyl groups is 2. The summed E-state index contributed by atoms with van der Waals surface area (Å²) in [7, 11) is 0. The van der Waals surface area contributed by atoms with Crippen molar-refractivity contribution in [3.05, 3.63) is 29.1 Å². The Labute approximate surface area is 105 Å². The molecule has 0 aliphatic rings. The minimum atomic E-state index is -2.27. The van der Waals surface area contributed by atoms with E-state index in [1.54, 1.807) is 0 Å². The van der Waals surface area contributed by atoms with E-state index >= 15 is 0 Å². The first-order valence-corrected chi connectivity index (χ1v) is 5.35. The highest BCUT2D eigenvalue weighted by Crippen LogP contribution is 2.30. The van der Waals surface area contributed by atoms with Crippen molar-refractivity contribution in [2.45, 2.75) is 18.9 Å². The Morgan fingerprint density at radius 2 is 1.21 bits per heavy atom. The molecule has 3 N–H and O–H groups in total. The van der Waals surface area contributed by atoms with Crippen molar-refractivity contribution >= 4 is 5.69 Å². The third-order valence-corrected chi connectivity index (χ3v) is 2.88. The van der Waals surface area contributed by atoms with E-state index in [0.29, 0.717) is 0 Å². The van der Waals surface area contributed by atoms with E-state index in [-0.39, 0.29) is 6.42 Å². The molecule has 1 rings (SSSR count). The van der Waals surface area contributed by atoms with Crippen LogP contribution in [-0.4, -0.2) is 29.0 Å². The van der Waals surface area contributed by atoms with Crippen molar-refractivity contribution in [2.24, 2.45) is 0 Å². The zero-order valence-electron chi connectivity index (χ0n) is 9.91. The topological polar surface area (TPSA) is 52.5 Å². The Hall–Kier alpha value is -1.41. The van der Waals surface area contributed by atoms with Gasteiger partial charge < -0.3 is 15.5 Å². The van der Waals surface area contributed by atoms with Crippen LogP contribution in [0.2, 0.25) is 0 Å². The Morgan fingerprint density at radius 1 is 0.842 bits per heavy atom. The van der Waals surface area contributed by atoms with Crippen LogP contribution in [0.5, 0.6) is 0 Å². The van der Waals surface area contributed by atoms with Crippen molar-refractivity contribution in [3.8, 4) is 0 Å². The number of rotatable bonds is 5. The van der Waals surface area contributed by atoms with Gasteiger partial charge in [-0.1, -0.05) is 6.92 Å². The first-order chi connectivity index (χ1) is 8.83. The summed E-state index contributed by atoms with van der Waals surface area (Å²) >= 11 is 0. The maximum absolute atomic E-state index is 13.4. The van der Waals surface area contributed by atoms with E-state index in [2.05, 4.69) is 0 Å². The van der Waals surface area contributed by atoms with Crippen molar-refractivity contribution in [1.82, 2.24) is 0 Å². The summed E-state index contributed by atoms with van der Waals surface area (Å²) in [4.78, 5) is 0. The van der Waals surface area contributed by atoms with Gasteiger partial charge in [-0.3, -0.25) is 0 Å². The van der Waals surface area contributed by atoms with Crippen LogP contribution in [0.25, 0.3) is 0 Å². The van der Waals surface area contributed by atoms with Crippen molar-refractivity contribution < 1.29 is 32.2 Å². The summed E-state index contributed by atoms with van der Waals surface area (Å²) in [6, 6.07) is 0. The molecule has 8 heteroatoms. The van der Waals surface area contributed by atoms with E-state index in [1.165, 1.54) is 6.92 Å². The Kier molecular flexibility index (Phi) is 4.70. The average Bonchev–Trinajstić information content (AvgIpc) is 2.44. The minimum absolute atomic E-state index is 0.000501. The molecular formula is C11H12F5NO2. The van der Waals surface area contributed by atoms with Crippen molar-refractivity contribution in [1.29, 1.82) is 0 Å². The molecule has 0 saturated carbocycles. The summed E-state index contributed by atoms with van der Waals surface area (Å²) in [5, 5.41) is 20.2. The Balaban J connectivity index is 3.36. The van der Waals surface area contributed by atoms with E-state index in [1.807, 2.05) is 5.32 Å². The van der Waals surface area contributed by atoms with Crippen LogP contribution in [0, 0.1) is 29.1 Å². The van der Waals surface area contributed by atoms with Crippen LogP contribution < -0.4 is 5.32 Å². The molecule has 0 bridgehead atoms. The number of halogens is 5. The SMILES string of the molecule is CCC(CO)(CO)Nc1c(F)c(F)c(F)c(F)c1F. The maximum Gasteiger partial charge on any atom is 0.200 e. The molecule has 1 aromatic rings. The lowest BCUT2D eigenvalue weighted by molar-refractivity contribution is 0.132. The van der Waals surface area contributed by atoms with Gasteiger partial charge in [-0.05, 0) is 6.42 Å². The maximum atomic E-state index is 13.4. The number of aliphatic hydroxyl groups excluding tert-OH is 2. The molecule has 0 fully saturated rings. The van der Waals surface area contributed by atoms with Crippen LogP contribution in [0.15, 0.2) is 0 Å². The summed E-state index contributed by atoms with van der Waals surface area (Å²) in [6.07, 6.45) is -0.000501. The lowest BCUT2D eigenvalue weighted by Crippen LogP contribution is -2.45. The largest absolute Gasteiger partial charge is 0.394 e. The molecule has 0 aliphatic carbocycles. The van der Waals surface area contributed by atoms with Gasteiger partial charge in [-0.15, -0.1) is 0 Å². The molecule has 0 heterocycles. The van der Waals surface area contributed by atoms with Gasteiger partial charge >= 0.3 is 0 Å².